The number of rotatable bonds is 5. The number of hydrogen-bond donors (Lipinski definition) is 0. The standard InChI is InChI=1S/C22H33N5O2/c28-21(6-5-18-3-1-2-4-18)26-13-15-27(16-14-26)22(29)19-7-11-25(12-8-19)20-17-23-9-10-24-20/h9-10,17-19H,1-8,11-16H2. The summed E-state index contributed by atoms with van der Waals surface area (Å²) in [5, 5.41) is 0. The third-order valence-electron chi connectivity index (χ3n) is 6.90. The van der Waals surface area contributed by atoms with Crippen LogP contribution in [-0.2, 0) is 9.59 Å². The van der Waals surface area contributed by atoms with Crippen LogP contribution in [-0.4, -0.2) is 70.9 Å². The van der Waals surface area contributed by atoms with E-state index < -0.39 is 0 Å². The second-order valence-electron chi connectivity index (χ2n) is 8.72. The van der Waals surface area contributed by atoms with Gasteiger partial charge in [-0.05, 0) is 25.2 Å². The Morgan fingerprint density at radius 2 is 1.59 bits per heavy atom. The first kappa shape index (κ1) is 20.1. The van der Waals surface area contributed by atoms with Crippen molar-refractivity contribution in [3.05, 3.63) is 18.6 Å². The first-order valence-electron chi connectivity index (χ1n) is 11.3. The van der Waals surface area contributed by atoms with Crippen molar-refractivity contribution in [3.8, 4) is 0 Å². The molecule has 1 aliphatic carbocycles. The quantitative estimate of drug-likeness (QED) is 0.760. The summed E-state index contributed by atoms with van der Waals surface area (Å²) < 4.78 is 0. The van der Waals surface area contributed by atoms with E-state index in [9.17, 15) is 9.59 Å². The zero-order chi connectivity index (χ0) is 20.1. The van der Waals surface area contributed by atoms with E-state index in [0.29, 0.717) is 32.6 Å². The predicted molar refractivity (Wildman–Crippen MR) is 111 cm³/mol. The van der Waals surface area contributed by atoms with Gasteiger partial charge in [-0.2, -0.15) is 0 Å². The van der Waals surface area contributed by atoms with Gasteiger partial charge in [-0.25, -0.2) is 4.98 Å². The molecule has 2 amide bonds. The number of piperidine rings is 1. The normalized spacial score (nSPS) is 21.6. The van der Waals surface area contributed by atoms with Crippen LogP contribution in [0.1, 0.15) is 51.4 Å². The minimum atomic E-state index is 0.0903. The topological polar surface area (TPSA) is 69.6 Å². The van der Waals surface area contributed by atoms with Crippen molar-refractivity contribution in [2.24, 2.45) is 11.8 Å². The molecule has 0 spiro atoms. The summed E-state index contributed by atoms with van der Waals surface area (Å²) in [7, 11) is 0. The molecule has 1 aromatic heterocycles. The van der Waals surface area contributed by atoms with E-state index >= 15 is 0 Å². The Morgan fingerprint density at radius 1 is 0.897 bits per heavy atom. The molecule has 0 atom stereocenters. The van der Waals surface area contributed by atoms with Crippen LogP contribution in [0.2, 0.25) is 0 Å². The minimum Gasteiger partial charge on any atom is -0.355 e. The Kier molecular flexibility index (Phi) is 6.62. The van der Waals surface area contributed by atoms with Gasteiger partial charge in [0.2, 0.25) is 11.8 Å². The van der Waals surface area contributed by atoms with Crippen LogP contribution in [0.5, 0.6) is 0 Å². The Bertz CT molecular complexity index is 676. The van der Waals surface area contributed by atoms with Gasteiger partial charge in [-0.15, -0.1) is 0 Å². The van der Waals surface area contributed by atoms with Gasteiger partial charge in [0.25, 0.3) is 0 Å². The fourth-order valence-electron chi connectivity index (χ4n) is 5.03. The monoisotopic (exact) mass is 399 g/mol. The number of nitrogens with zero attached hydrogens (tertiary/aromatic N) is 5. The molecule has 3 aliphatic rings. The van der Waals surface area contributed by atoms with Crippen LogP contribution in [0.4, 0.5) is 5.82 Å². The number of aromatic nitrogens is 2. The van der Waals surface area contributed by atoms with Gasteiger partial charge in [0.05, 0.1) is 6.20 Å². The molecule has 1 saturated carbocycles. The van der Waals surface area contributed by atoms with E-state index in [0.717, 1.165) is 44.1 Å². The summed E-state index contributed by atoms with van der Waals surface area (Å²) in [6, 6.07) is 0. The second-order valence-corrected chi connectivity index (χ2v) is 8.72. The lowest BCUT2D eigenvalue weighted by Crippen LogP contribution is -2.53. The molecular formula is C22H33N5O2. The van der Waals surface area contributed by atoms with Crippen molar-refractivity contribution >= 4 is 17.6 Å². The molecule has 0 aromatic carbocycles. The highest BCUT2D eigenvalue weighted by Gasteiger charge is 2.31. The van der Waals surface area contributed by atoms with E-state index in [2.05, 4.69) is 14.9 Å². The molecule has 0 unspecified atom stereocenters. The number of amides is 2. The molecule has 2 saturated heterocycles. The maximum Gasteiger partial charge on any atom is 0.225 e. The molecular weight excluding hydrogens is 366 g/mol. The Morgan fingerprint density at radius 3 is 2.24 bits per heavy atom. The van der Waals surface area contributed by atoms with Crippen LogP contribution in [0, 0.1) is 11.8 Å². The Balaban J connectivity index is 1.19. The number of carbonyl (C=O) groups excluding carboxylic acids is 2. The van der Waals surface area contributed by atoms with E-state index in [1.54, 1.807) is 18.6 Å². The summed E-state index contributed by atoms with van der Waals surface area (Å²) in [6.45, 7) is 4.42. The summed E-state index contributed by atoms with van der Waals surface area (Å²) in [5.41, 5.74) is 0. The minimum absolute atomic E-state index is 0.0903. The van der Waals surface area contributed by atoms with Crippen molar-refractivity contribution in [2.45, 2.75) is 51.4 Å². The molecule has 1 aromatic rings. The molecule has 29 heavy (non-hydrogen) atoms. The third kappa shape index (κ3) is 5.06. The van der Waals surface area contributed by atoms with Gasteiger partial charge in [0.15, 0.2) is 0 Å². The average molecular weight is 400 g/mol. The van der Waals surface area contributed by atoms with E-state index in [4.69, 9.17) is 0 Å². The maximum atomic E-state index is 12.9. The van der Waals surface area contributed by atoms with Gasteiger partial charge in [0.1, 0.15) is 5.82 Å². The number of hydrogen-bond acceptors (Lipinski definition) is 5. The van der Waals surface area contributed by atoms with Gasteiger partial charge in [-0.3, -0.25) is 14.6 Å². The van der Waals surface area contributed by atoms with Crippen LogP contribution in [0.15, 0.2) is 18.6 Å². The largest absolute Gasteiger partial charge is 0.355 e. The zero-order valence-electron chi connectivity index (χ0n) is 17.3. The van der Waals surface area contributed by atoms with Crippen molar-refractivity contribution in [1.82, 2.24) is 19.8 Å². The molecule has 7 heteroatoms. The van der Waals surface area contributed by atoms with E-state index in [1.165, 1.54) is 25.7 Å². The van der Waals surface area contributed by atoms with Crippen molar-refractivity contribution < 1.29 is 9.59 Å². The molecule has 0 N–H and O–H groups in total. The fraction of sp³-hybridized carbons (Fsp3) is 0.727. The summed E-state index contributed by atoms with van der Waals surface area (Å²) in [5.74, 6) is 2.29. The van der Waals surface area contributed by atoms with Gasteiger partial charge >= 0.3 is 0 Å². The second kappa shape index (κ2) is 9.55. The van der Waals surface area contributed by atoms with Crippen molar-refractivity contribution in [3.63, 3.8) is 0 Å². The summed E-state index contributed by atoms with van der Waals surface area (Å²) in [4.78, 5) is 40.1. The zero-order valence-corrected chi connectivity index (χ0v) is 17.3. The van der Waals surface area contributed by atoms with Crippen LogP contribution in [0.25, 0.3) is 0 Å². The Labute approximate surface area is 173 Å². The highest BCUT2D eigenvalue weighted by Crippen LogP contribution is 2.29. The van der Waals surface area contributed by atoms with E-state index in [1.807, 2.05) is 9.80 Å². The lowest BCUT2D eigenvalue weighted by molar-refractivity contribution is -0.142. The van der Waals surface area contributed by atoms with Gasteiger partial charge in [0, 0.05) is 64.0 Å². The average Bonchev–Trinajstić information content (AvgIpc) is 3.31. The summed E-state index contributed by atoms with van der Waals surface area (Å²) >= 11 is 0. The van der Waals surface area contributed by atoms with Crippen molar-refractivity contribution in [1.29, 1.82) is 0 Å². The molecule has 0 radical (unpaired) electrons. The number of piperazine rings is 1. The first-order valence-corrected chi connectivity index (χ1v) is 11.3. The molecule has 4 rings (SSSR count). The molecule has 2 aliphatic heterocycles. The van der Waals surface area contributed by atoms with E-state index in [-0.39, 0.29) is 17.7 Å². The number of anilines is 1. The Hall–Kier alpha value is -2.18. The van der Waals surface area contributed by atoms with Gasteiger partial charge < -0.3 is 14.7 Å². The van der Waals surface area contributed by atoms with Gasteiger partial charge in [-0.1, -0.05) is 25.7 Å². The molecule has 3 heterocycles. The maximum absolute atomic E-state index is 12.9. The predicted octanol–water partition coefficient (Wildman–Crippen LogP) is 2.33. The molecule has 7 nitrogen and oxygen atoms in total. The first-order chi connectivity index (χ1) is 14.2. The lowest BCUT2D eigenvalue weighted by Gasteiger charge is -2.38. The molecule has 3 fully saturated rings. The number of carbonyl (C=O) groups is 2. The molecule has 158 valence electrons. The highest BCUT2D eigenvalue weighted by molar-refractivity contribution is 5.80. The highest BCUT2D eigenvalue weighted by atomic mass is 16.2. The van der Waals surface area contributed by atoms with Crippen LogP contribution < -0.4 is 4.90 Å². The van der Waals surface area contributed by atoms with Crippen molar-refractivity contribution in [2.75, 3.05) is 44.2 Å². The fourth-order valence-corrected chi connectivity index (χ4v) is 5.03. The van der Waals surface area contributed by atoms with Crippen LogP contribution >= 0.6 is 0 Å². The molecule has 0 bridgehead atoms. The summed E-state index contributed by atoms with van der Waals surface area (Å²) in [6.07, 6.45) is 13.9. The lowest BCUT2D eigenvalue weighted by atomic mass is 9.95. The SMILES string of the molecule is O=C(CCC1CCCC1)N1CCN(C(=O)C2CCN(c3cnccn3)CC2)CC1. The van der Waals surface area contributed by atoms with Crippen LogP contribution in [0.3, 0.4) is 0 Å². The third-order valence-corrected chi connectivity index (χ3v) is 6.90. The smallest absolute Gasteiger partial charge is 0.225 e.